The van der Waals surface area contributed by atoms with Crippen molar-refractivity contribution in [2.24, 2.45) is 11.3 Å². The van der Waals surface area contributed by atoms with Crippen LogP contribution in [0.2, 0.25) is 0 Å². The Hall–Kier alpha value is -2.62. The van der Waals surface area contributed by atoms with E-state index < -0.39 is 18.1 Å². The van der Waals surface area contributed by atoms with Gasteiger partial charge in [0.05, 0.1) is 28.6 Å². The maximum absolute atomic E-state index is 13.4. The van der Waals surface area contributed by atoms with E-state index in [1.807, 2.05) is 84.0 Å². The molecule has 3 atom stereocenters. The maximum Gasteiger partial charge on any atom is 0.494 e. The highest BCUT2D eigenvalue weighted by Crippen LogP contribution is 2.47. The van der Waals surface area contributed by atoms with Crippen LogP contribution in [0.3, 0.4) is 0 Å². The standard InChI is InChI=1S/C30H38BNO4/c1-21(22-13-15-24(16-14-22)31-35-28(4,5)29(6,7)36-31)25-17-18-30(34-26(25)33,19-27(2,3)20-32)23-11-9-8-10-12-23/h8-16,21,25H,17-19H2,1-7H3/t21-,25?,30?/m1/s1. The van der Waals surface area contributed by atoms with Gasteiger partial charge in [0.25, 0.3) is 0 Å². The van der Waals surface area contributed by atoms with E-state index in [4.69, 9.17) is 14.0 Å². The number of cyclic esters (lactones) is 1. The molecule has 2 saturated heterocycles. The lowest BCUT2D eigenvalue weighted by molar-refractivity contribution is -0.181. The highest BCUT2D eigenvalue weighted by molar-refractivity contribution is 6.62. The maximum atomic E-state index is 13.4. The number of nitrogens with zero attached hydrogens (tertiary/aromatic N) is 1. The molecule has 0 spiro atoms. The molecule has 190 valence electrons. The molecule has 36 heavy (non-hydrogen) atoms. The number of hydrogen-bond acceptors (Lipinski definition) is 5. The van der Waals surface area contributed by atoms with Gasteiger partial charge in [0, 0.05) is 6.42 Å². The molecule has 2 aromatic carbocycles. The smallest absolute Gasteiger partial charge is 0.454 e. The van der Waals surface area contributed by atoms with Crippen LogP contribution >= 0.6 is 0 Å². The molecule has 0 radical (unpaired) electrons. The van der Waals surface area contributed by atoms with Gasteiger partial charge in [0.1, 0.15) is 5.60 Å². The average Bonchev–Trinajstić information content (AvgIpc) is 3.06. The minimum atomic E-state index is -0.783. The fraction of sp³-hybridized carbons (Fsp3) is 0.533. The first-order valence-electron chi connectivity index (χ1n) is 12.9. The molecule has 2 unspecified atom stereocenters. The van der Waals surface area contributed by atoms with E-state index in [0.717, 1.165) is 16.6 Å². The number of rotatable bonds is 6. The third-order valence-electron chi connectivity index (χ3n) is 8.38. The predicted molar refractivity (Wildman–Crippen MR) is 142 cm³/mol. The van der Waals surface area contributed by atoms with E-state index >= 15 is 0 Å². The number of ether oxygens (including phenoxy) is 1. The molecule has 0 saturated carbocycles. The van der Waals surface area contributed by atoms with Crippen LogP contribution in [0.5, 0.6) is 0 Å². The van der Waals surface area contributed by atoms with Gasteiger partial charge in [0.2, 0.25) is 0 Å². The molecule has 4 rings (SSSR count). The SMILES string of the molecule is C[C@H](c1ccc(B2OC(C)(C)C(C)(C)O2)cc1)C1CCC(CC(C)(C)C#N)(c2ccccc2)OC1=O. The van der Waals surface area contributed by atoms with Crippen molar-refractivity contribution in [3.8, 4) is 6.07 Å². The topological polar surface area (TPSA) is 68.6 Å². The molecule has 2 aliphatic rings. The van der Waals surface area contributed by atoms with Gasteiger partial charge in [-0.15, -0.1) is 0 Å². The van der Waals surface area contributed by atoms with E-state index in [0.29, 0.717) is 19.3 Å². The summed E-state index contributed by atoms with van der Waals surface area (Å²) in [4.78, 5) is 13.4. The second-order valence-electron chi connectivity index (χ2n) is 12.1. The Morgan fingerprint density at radius 3 is 2.14 bits per heavy atom. The number of esters is 1. The predicted octanol–water partition coefficient (Wildman–Crippen LogP) is 5.88. The van der Waals surface area contributed by atoms with Crippen molar-refractivity contribution < 1.29 is 18.8 Å². The van der Waals surface area contributed by atoms with Crippen molar-refractivity contribution in [1.82, 2.24) is 0 Å². The van der Waals surface area contributed by atoms with Crippen molar-refractivity contribution in [1.29, 1.82) is 5.26 Å². The van der Waals surface area contributed by atoms with Gasteiger partial charge in [-0.05, 0) is 76.9 Å². The van der Waals surface area contributed by atoms with Gasteiger partial charge >= 0.3 is 13.1 Å². The number of benzene rings is 2. The van der Waals surface area contributed by atoms with E-state index in [2.05, 4.69) is 25.1 Å². The second-order valence-corrected chi connectivity index (χ2v) is 12.1. The van der Waals surface area contributed by atoms with E-state index in [-0.39, 0.29) is 29.0 Å². The highest BCUT2D eigenvalue weighted by Gasteiger charge is 2.52. The van der Waals surface area contributed by atoms with Crippen molar-refractivity contribution in [3.05, 3.63) is 65.7 Å². The Balaban J connectivity index is 1.51. The molecule has 0 N–H and O–H groups in total. The number of carbonyl (C=O) groups excluding carboxylic acids is 1. The van der Waals surface area contributed by atoms with Crippen LogP contribution in [-0.4, -0.2) is 24.3 Å². The average molecular weight is 487 g/mol. The molecule has 0 aromatic heterocycles. The zero-order valence-corrected chi connectivity index (χ0v) is 22.6. The van der Waals surface area contributed by atoms with Gasteiger partial charge in [0.15, 0.2) is 0 Å². The largest absolute Gasteiger partial charge is 0.494 e. The summed E-state index contributed by atoms with van der Waals surface area (Å²) in [7, 11) is -0.408. The van der Waals surface area contributed by atoms with Crippen molar-refractivity contribution in [3.63, 3.8) is 0 Å². The normalized spacial score (nSPS) is 26.2. The molecule has 5 nitrogen and oxygen atoms in total. The van der Waals surface area contributed by atoms with Crippen LogP contribution in [0, 0.1) is 22.7 Å². The van der Waals surface area contributed by atoms with E-state index in [1.165, 1.54) is 0 Å². The summed E-state index contributed by atoms with van der Waals surface area (Å²) in [6.45, 7) is 14.1. The Bertz CT molecular complexity index is 1120. The third-order valence-corrected chi connectivity index (χ3v) is 8.38. The van der Waals surface area contributed by atoms with Crippen LogP contribution in [0.1, 0.15) is 84.8 Å². The first-order chi connectivity index (χ1) is 16.8. The quantitative estimate of drug-likeness (QED) is 0.376. The molecule has 2 aliphatic heterocycles. The van der Waals surface area contributed by atoms with Crippen LogP contribution in [0.25, 0.3) is 0 Å². The summed E-state index contributed by atoms with van der Waals surface area (Å²) >= 11 is 0. The number of carbonyl (C=O) groups is 1. The highest BCUT2D eigenvalue weighted by atomic mass is 16.7. The lowest BCUT2D eigenvalue weighted by Crippen LogP contribution is -2.44. The fourth-order valence-corrected chi connectivity index (χ4v) is 5.37. The number of hydrogen-bond donors (Lipinski definition) is 0. The summed E-state index contributed by atoms with van der Waals surface area (Å²) in [5.74, 6) is -0.432. The molecule has 2 fully saturated rings. The van der Waals surface area contributed by atoms with Crippen LogP contribution in [-0.2, 0) is 24.4 Å². The van der Waals surface area contributed by atoms with Gasteiger partial charge in [-0.2, -0.15) is 5.26 Å². The minimum Gasteiger partial charge on any atom is -0.454 e. The van der Waals surface area contributed by atoms with Crippen molar-refractivity contribution >= 4 is 18.6 Å². The van der Waals surface area contributed by atoms with Crippen LogP contribution in [0.4, 0.5) is 0 Å². The molecule has 0 bridgehead atoms. The van der Waals surface area contributed by atoms with E-state index in [1.54, 1.807) is 0 Å². The van der Waals surface area contributed by atoms with E-state index in [9.17, 15) is 10.1 Å². The number of nitriles is 1. The second kappa shape index (κ2) is 9.36. The van der Waals surface area contributed by atoms with Crippen molar-refractivity contribution in [2.45, 2.75) is 90.4 Å². The Labute approximate surface area is 216 Å². The molecule has 6 heteroatoms. The summed E-state index contributed by atoms with van der Waals surface area (Å²) in [5, 5.41) is 9.69. The minimum absolute atomic E-state index is 0.00240. The molecule has 2 heterocycles. The zero-order valence-electron chi connectivity index (χ0n) is 22.6. The van der Waals surface area contributed by atoms with Gasteiger partial charge in [-0.25, -0.2) is 0 Å². The summed E-state index contributed by atoms with van der Waals surface area (Å²) < 4.78 is 18.6. The first-order valence-corrected chi connectivity index (χ1v) is 12.9. The Kier molecular flexibility index (Phi) is 6.88. The van der Waals surface area contributed by atoms with Gasteiger partial charge in [-0.3, -0.25) is 4.79 Å². The lowest BCUT2D eigenvalue weighted by atomic mass is 9.71. The van der Waals surface area contributed by atoms with Gasteiger partial charge < -0.3 is 14.0 Å². The Morgan fingerprint density at radius 2 is 1.61 bits per heavy atom. The Morgan fingerprint density at radius 1 is 1.03 bits per heavy atom. The zero-order chi connectivity index (χ0) is 26.4. The third kappa shape index (κ3) is 4.97. The molecule has 0 amide bonds. The molecular weight excluding hydrogens is 449 g/mol. The molecule has 0 aliphatic carbocycles. The van der Waals surface area contributed by atoms with Gasteiger partial charge in [-0.1, -0.05) is 61.5 Å². The molecular formula is C30H38BNO4. The fourth-order valence-electron chi connectivity index (χ4n) is 5.37. The lowest BCUT2D eigenvalue weighted by Gasteiger charge is -2.43. The van der Waals surface area contributed by atoms with Crippen LogP contribution in [0.15, 0.2) is 54.6 Å². The van der Waals surface area contributed by atoms with Crippen LogP contribution < -0.4 is 5.46 Å². The summed E-state index contributed by atoms with van der Waals surface area (Å²) in [5.41, 5.74) is 0.840. The monoisotopic (exact) mass is 487 g/mol. The molecule has 2 aromatic rings. The van der Waals surface area contributed by atoms with Crippen molar-refractivity contribution in [2.75, 3.05) is 0 Å². The summed E-state index contributed by atoms with van der Waals surface area (Å²) in [6.07, 6.45) is 1.86. The summed E-state index contributed by atoms with van der Waals surface area (Å²) in [6, 6.07) is 20.5. The first kappa shape index (κ1) is 26.4.